The maximum absolute atomic E-state index is 10.5. The fourth-order valence-electron chi connectivity index (χ4n) is 0.727. The third-order valence-electron chi connectivity index (χ3n) is 1.55. The largest absolute Gasteiger partial charge is 0.369 e. The van der Waals surface area contributed by atoms with Crippen LogP contribution in [-0.4, -0.2) is 19.5 Å². The van der Waals surface area contributed by atoms with Crippen molar-refractivity contribution < 1.29 is 4.79 Å². The molecular formula is C7H16N2O. The summed E-state index contributed by atoms with van der Waals surface area (Å²) in [4.78, 5) is 10.5. The first-order valence-corrected chi connectivity index (χ1v) is 3.62. The molecule has 0 radical (unpaired) electrons. The molecule has 0 aromatic rings. The maximum atomic E-state index is 10.5. The quantitative estimate of drug-likeness (QED) is 0.538. The van der Waals surface area contributed by atoms with Gasteiger partial charge in [0.1, 0.15) is 0 Å². The first kappa shape index (κ1) is 9.43. The van der Waals surface area contributed by atoms with Crippen LogP contribution in [0.15, 0.2) is 0 Å². The summed E-state index contributed by atoms with van der Waals surface area (Å²) in [6.45, 7) is 2.82. The van der Waals surface area contributed by atoms with Crippen molar-refractivity contribution in [2.24, 2.45) is 11.7 Å². The SMILES string of the molecule is CNCCC[C@H](C)C(N)=O. The van der Waals surface area contributed by atoms with Crippen LogP contribution in [0.3, 0.4) is 0 Å². The van der Waals surface area contributed by atoms with E-state index >= 15 is 0 Å². The van der Waals surface area contributed by atoms with Gasteiger partial charge in [-0.1, -0.05) is 6.92 Å². The van der Waals surface area contributed by atoms with E-state index in [9.17, 15) is 4.79 Å². The second kappa shape index (κ2) is 5.23. The maximum Gasteiger partial charge on any atom is 0.220 e. The minimum absolute atomic E-state index is 0.0216. The molecule has 0 fully saturated rings. The van der Waals surface area contributed by atoms with Crippen LogP contribution in [0.4, 0.5) is 0 Å². The molecule has 0 bridgehead atoms. The van der Waals surface area contributed by atoms with Crippen LogP contribution in [0.2, 0.25) is 0 Å². The molecule has 10 heavy (non-hydrogen) atoms. The number of primary amides is 1. The predicted octanol–water partition coefficient (Wildman–Crippen LogP) is 0.107. The van der Waals surface area contributed by atoms with Crippen LogP contribution in [0.5, 0.6) is 0 Å². The molecule has 3 nitrogen and oxygen atoms in total. The monoisotopic (exact) mass is 144 g/mol. The molecule has 0 aromatic carbocycles. The van der Waals surface area contributed by atoms with Crippen molar-refractivity contribution in [1.29, 1.82) is 0 Å². The fourth-order valence-corrected chi connectivity index (χ4v) is 0.727. The zero-order valence-electron chi connectivity index (χ0n) is 6.68. The Hall–Kier alpha value is -0.570. The van der Waals surface area contributed by atoms with E-state index in [0.717, 1.165) is 19.4 Å². The Morgan fingerprint density at radius 3 is 2.70 bits per heavy atom. The van der Waals surface area contributed by atoms with Gasteiger partial charge >= 0.3 is 0 Å². The van der Waals surface area contributed by atoms with Gasteiger partial charge in [-0.3, -0.25) is 4.79 Å². The first-order chi connectivity index (χ1) is 4.68. The molecule has 0 aliphatic rings. The normalized spacial score (nSPS) is 13.0. The number of rotatable bonds is 5. The van der Waals surface area contributed by atoms with Gasteiger partial charge in [0.2, 0.25) is 5.91 Å². The molecule has 1 amide bonds. The van der Waals surface area contributed by atoms with E-state index in [1.165, 1.54) is 0 Å². The zero-order chi connectivity index (χ0) is 7.98. The highest BCUT2D eigenvalue weighted by atomic mass is 16.1. The minimum atomic E-state index is -0.198. The Kier molecular flexibility index (Phi) is 4.94. The second-order valence-electron chi connectivity index (χ2n) is 2.55. The highest BCUT2D eigenvalue weighted by Crippen LogP contribution is 2.02. The summed E-state index contributed by atoms with van der Waals surface area (Å²) in [6, 6.07) is 0. The van der Waals surface area contributed by atoms with Gasteiger partial charge in [-0.25, -0.2) is 0 Å². The third-order valence-corrected chi connectivity index (χ3v) is 1.55. The van der Waals surface area contributed by atoms with Crippen LogP contribution in [0, 0.1) is 5.92 Å². The van der Waals surface area contributed by atoms with Crippen LogP contribution < -0.4 is 11.1 Å². The van der Waals surface area contributed by atoms with Crippen molar-refractivity contribution in [3.8, 4) is 0 Å². The molecule has 0 saturated heterocycles. The van der Waals surface area contributed by atoms with Gasteiger partial charge in [0, 0.05) is 5.92 Å². The van der Waals surface area contributed by atoms with Crippen molar-refractivity contribution >= 4 is 5.91 Å². The summed E-state index contributed by atoms with van der Waals surface area (Å²) >= 11 is 0. The van der Waals surface area contributed by atoms with Gasteiger partial charge in [-0.15, -0.1) is 0 Å². The summed E-state index contributed by atoms with van der Waals surface area (Å²) in [5.41, 5.74) is 5.06. The second-order valence-corrected chi connectivity index (χ2v) is 2.55. The van der Waals surface area contributed by atoms with Crippen LogP contribution in [0.25, 0.3) is 0 Å². The van der Waals surface area contributed by atoms with E-state index in [0.29, 0.717) is 0 Å². The highest BCUT2D eigenvalue weighted by molar-refractivity contribution is 5.76. The summed E-state index contributed by atoms with van der Waals surface area (Å²) in [5.74, 6) is -0.176. The summed E-state index contributed by atoms with van der Waals surface area (Å²) < 4.78 is 0. The standard InChI is InChI=1S/C7H16N2O/c1-6(7(8)10)4-3-5-9-2/h6,9H,3-5H2,1-2H3,(H2,8,10)/t6-/m0/s1. The van der Waals surface area contributed by atoms with E-state index in [-0.39, 0.29) is 11.8 Å². The number of amides is 1. The molecule has 0 unspecified atom stereocenters. The first-order valence-electron chi connectivity index (χ1n) is 3.62. The Morgan fingerprint density at radius 1 is 1.70 bits per heavy atom. The molecule has 3 heteroatoms. The van der Waals surface area contributed by atoms with Crippen LogP contribution in [-0.2, 0) is 4.79 Å². The number of hydrogen-bond donors (Lipinski definition) is 2. The van der Waals surface area contributed by atoms with Gasteiger partial charge in [0.15, 0.2) is 0 Å². The molecule has 0 heterocycles. The number of nitrogens with one attached hydrogen (secondary N) is 1. The molecule has 0 aliphatic heterocycles. The lowest BCUT2D eigenvalue weighted by atomic mass is 10.1. The fraction of sp³-hybridized carbons (Fsp3) is 0.857. The Bertz CT molecular complexity index is 104. The van der Waals surface area contributed by atoms with E-state index in [1.54, 1.807) is 0 Å². The van der Waals surface area contributed by atoms with Gasteiger partial charge in [-0.05, 0) is 26.4 Å². The lowest BCUT2D eigenvalue weighted by Gasteiger charge is -2.04. The van der Waals surface area contributed by atoms with Crippen LogP contribution >= 0.6 is 0 Å². The van der Waals surface area contributed by atoms with Crippen molar-refractivity contribution in [2.75, 3.05) is 13.6 Å². The summed E-state index contributed by atoms with van der Waals surface area (Å²) in [7, 11) is 1.90. The number of nitrogens with two attached hydrogens (primary N) is 1. The topological polar surface area (TPSA) is 55.1 Å². The molecule has 0 spiro atoms. The minimum Gasteiger partial charge on any atom is -0.369 e. The summed E-state index contributed by atoms with van der Waals surface area (Å²) in [5, 5.41) is 3.01. The molecule has 0 rings (SSSR count). The van der Waals surface area contributed by atoms with E-state index in [1.807, 2.05) is 14.0 Å². The van der Waals surface area contributed by atoms with Gasteiger partial charge in [-0.2, -0.15) is 0 Å². The average molecular weight is 144 g/mol. The van der Waals surface area contributed by atoms with Gasteiger partial charge in [0.25, 0.3) is 0 Å². The summed E-state index contributed by atoms with van der Waals surface area (Å²) in [6.07, 6.45) is 1.90. The molecule has 1 atom stereocenters. The average Bonchev–Trinajstić information content (AvgIpc) is 1.88. The zero-order valence-corrected chi connectivity index (χ0v) is 6.68. The lowest BCUT2D eigenvalue weighted by molar-refractivity contribution is -0.121. The van der Waals surface area contributed by atoms with Crippen molar-refractivity contribution in [2.45, 2.75) is 19.8 Å². The molecule has 0 saturated carbocycles. The number of carbonyl (C=O) groups excluding carboxylic acids is 1. The Balaban J connectivity index is 3.21. The highest BCUT2D eigenvalue weighted by Gasteiger charge is 2.06. The molecule has 60 valence electrons. The smallest absolute Gasteiger partial charge is 0.220 e. The molecular weight excluding hydrogens is 128 g/mol. The van der Waals surface area contributed by atoms with E-state index in [2.05, 4.69) is 5.32 Å². The molecule has 0 aromatic heterocycles. The van der Waals surface area contributed by atoms with Crippen molar-refractivity contribution in [1.82, 2.24) is 5.32 Å². The Labute approximate surface area is 62.0 Å². The van der Waals surface area contributed by atoms with Gasteiger partial charge < -0.3 is 11.1 Å². The number of hydrogen-bond acceptors (Lipinski definition) is 2. The van der Waals surface area contributed by atoms with Crippen molar-refractivity contribution in [3.63, 3.8) is 0 Å². The lowest BCUT2D eigenvalue weighted by Crippen LogP contribution is -2.21. The van der Waals surface area contributed by atoms with E-state index in [4.69, 9.17) is 5.73 Å². The molecule has 0 aliphatic carbocycles. The van der Waals surface area contributed by atoms with Gasteiger partial charge in [0.05, 0.1) is 0 Å². The predicted molar refractivity (Wildman–Crippen MR) is 41.5 cm³/mol. The molecule has 3 N–H and O–H groups in total. The number of carbonyl (C=O) groups is 1. The van der Waals surface area contributed by atoms with Crippen molar-refractivity contribution in [3.05, 3.63) is 0 Å². The van der Waals surface area contributed by atoms with E-state index < -0.39 is 0 Å². The third kappa shape index (κ3) is 4.32. The Morgan fingerprint density at radius 2 is 2.30 bits per heavy atom. The van der Waals surface area contributed by atoms with Crippen LogP contribution in [0.1, 0.15) is 19.8 Å².